The van der Waals surface area contributed by atoms with E-state index >= 15 is 0 Å². The van der Waals surface area contributed by atoms with Crippen LogP contribution in [0, 0.1) is 4.77 Å². The van der Waals surface area contributed by atoms with Gasteiger partial charge < -0.3 is 14.6 Å². The first-order valence-electron chi connectivity index (χ1n) is 6.89. The molecule has 2 aromatic rings. The van der Waals surface area contributed by atoms with E-state index < -0.39 is 0 Å². The van der Waals surface area contributed by atoms with Crippen molar-refractivity contribution in [3.05, 3.63) is 34.4 Å². The number of hydrogen-bond donors (Lipinski definition) is 2. The molecule has 1 fully saturated rings. The molecule has 0 amide bonds. The summed E-state index contributed by atoms with van der Waals surface area (Å²) < 4.78 is 12.7. The van der Waals surface area contributed by atoms with Gasteiger partial charge in [0.1, 0.15) is 6.10 Å². The molecule has 0 aliphatic carbocycles. The number of nitrogens with zero attached hydrogens (tertiary/aromatic N) is 3. The molecule has 1 aliphatic rings. The highest BCUT2D eigenvalue weighted by atomic mass is 32.1. The fraction of sp³-hybridized carbons (Fsp3) is 0.357. The Hall–Kier alpha value is -2.19. The number of ether oxygens (including phenoxy) is 2. The number of rotatable bonds is 4. The van der Waals surface area contributed by atoms with Crippen LogP contribution in [0.15, 0.2) is 23.3 Å². The standard InChI is InChI=1S/C14H16N4O3S/c1-20-12-7-9(4-5-10(12)19)8-15-18-13(16-17-14(18)22)11-3-2-6-21-11/h4-5,7-8,11,19H,2-3,6H2,1H3,(H,17,22)/b15-8-. The fourth-order valence-electron chi connectivity index (χ4n) is 2.30. The van der Waals surface area contributed by atoms with Crippen molar-refractivity contribution in [3.63, 3.8) is 0 Å². The van der Waals surface area contributed by atoms with Gasteiger partial charge in [-0.15, -0.1) is 0 Å². The lowest BCUT2D eigenvalue weighted by Gasteiger charge is -2.07. The molecule has 1 unspecified atom stereocenters. The highest BCUT2D eigenvalue weighted by Gasteiger charge is 2.23. The highest BCUT2D eigenvalue weighted by molar-refractivity contribution is 7.71. The molecule has 116 valence electrons. The molecule has 8 heteroatoms. The molecule has 0 bridgehead atoms. The Balaban J connectivity index is 1.89. The van der Waals surface area contributed by atoms with Crippen molar-refractivity contribution in [2.24, 2.45) is 5.10 Å². The summed E-state index contributed by atoms with van der Waals surface area (Å²) in [5, 5.41) is 20.9. The van der Waals surface area contributed by atoms with Crippen LogP contribution in [-0.4, -0.2) is 39.9 Å². The quantitative estimate of drug-likeness (QED) is 0.667. The molecule has 2 N–H and O–H groups in total. The number of H-pyrrole nitrogens is 1. The third-order valence-electron chi connectivity index (χ3n) is 3.42. The second-order valence-corrected chi connectivity index (χ2v) is 5.26. The van der Waals surface area contributed by atoms with Crippen molar-refractivity contribution in [1.82, 2.24) is 14.9 Å². The van der Waals surface area contributed by atoms with Gasteiger partial charge >= 0.3 is 0 Å². The zero-order valence-electron chi connectivity index (χ0n) is 12.0. The molecule has 2 heterocycles. The summed E-state index contributed by atoms with van der Waals surface area (Å²) in [5.41, 5.74) is 0.774. The summed E-state index contributed by atoms with van der Waals surface area (Å²) in [6.07, 6.45) is 3.45. The van der Waals surface area contributed by atoms with Crippen molar-refractivity contribution in [2.45, 2.75) is 18.9 Å². The normalized spacial score (nSPS) is 18.1. The molecule has 1 aromatic carbocycles. The van der Waals surface area contributed by atoms with Gasteiger partial charge in [-0.2, -0.15) is 14.9 Å². The zero-order chi connectivity index (χ0) is 15.5. The van der Waals surface area contributed by atoms with Crippen LogP contribution in [0.1, 0.15) is 30.3 Å². The number of nitrogens with one attached hydrogen (secondary N) is 1. The van der Waals surface area contributed by atoms with Crippen molar-refractivity contribution in [1.29, 1.82) is 0 Å². The lowest BCUT2D eigenvalue weighted by Crippen LogP contribution is -2.05. The topological polar surface area (TPSA) is 84.7 Å². The second-order valence-electron chi connectivity index (χ2n) is 4.88. The predicted octanol–water partition coefficient (Wildman–Crippen LogP) is 2.39. The molecule has 0 radical (unpaired) electrons. The summed E-state index contributed by atoms with van der Waals surface area (Å²) in [5.74, 6) is 1.14. The van der Waals surface area contributed by atoms with Crippen LogP contribution in [0.3, 0.4) is 0 Å². The third-order valence-corrected chi connectivity index (χ3v) is 3.68. The molecule has 1 saturated heterocycles. The van der Waals surface area contributed by atoms with E-state index in [9.17, 15) is 5.11 Å². The van der Waals surface area contributed by atoms with E-state index in [1.807, 2.05) is 0 Å². The predicted molar refractivity (Wildman–Crippen MR) is 83.0 cm³/mol. The van der Waals surface area contributed by atoms with E-state index in [2.05, 4.69) is 15.3 Å². The summed E-state index contributed by atoms with van der Waals surface area (Å²) >= 11 is 5.20. The Kier molecular flexibility index (Phi) is 4.21. The Labute approximate surface area is 132 Å². The number of aromatic amines is 1. The SMILES string of the molecule is COc1cc(/C=N\n2c(C3CCCO3)n[nH]c2=S)ccc1O. The average molecular weight is 320 g/mol. The first-order valence-corrected chi connectivity index (χ1v) is 7.30. The smallest absolute Gasteiger partial charge is 0.216 e. The number of aromatic nitrogens is 3. The van der Waals surface area contributed by atoms with Gasteiger partial charge in [-0.25, -0.2) is 0 Å². The Morgan fingerprint density at radius 1 is 1.59 bits per heavy atom. The number of aromatic hydroxyl groups is 1. The maximum Gasteiger partial charge on any atom is 0.216 e. The van der Waals surface area contributed by atoms with Crippen LogP contribution in [0.4, 0.5) is 0 Å². The molecule has 0 spiro atoms. The molecule has 22 heavy (non-hydrogen) atoms. The molecule has 3 rings (SSSR count). The van der Waals surface area contributed by atoms with Crippen molar-refractivity contribution >= 4 is 18.4 Å². The molecular weight excluding hydrogens is 304 g/mol. The molecule has 0 saturated carbocycles. The molecule has 7 nitrogen and oxygen atoms in total. The minimum Gasteiger partial charge on any atom is -0.504 e. The summed E-state index contributed by atoms with van der Waals surface area (Å²) in [7, 11) is 1.50. The van der Waals surface area contributed by atoms with Crippen LogP contribution in [0.25, 0.3) is 0 Å². The van der Waals surface area contributed by atoms with Gasteiger partial charge in [0.15, 0.2) is 17.3 Å². The highest BCUT2D eigenvalue weighted by Crippen LogP contribution is 2.27. The molecule has 1 aliphatic heterocycles. The second kappa shape index (κ2) is 6.29. The first-order chi connectivity index (χ1) is 10.7. The van der Waals surface area contributed by atoms with Gasteiger partial charge in [-0.05, 0) is 48.8 Å². The Morgan fingerprint density at radius 2 is 2.45 bits per heavy atom. The van der Waals surface area contributed by atoms with Crippen LogP contribution in [0.5, 0.6) is 11.5 Å². The summed E-state index contributed by atoms with van der Waals surface area (Å²) in [4.78, 5) is 0. The van der Waals surface area contributed by atoms with Gasteiger partial charge in [0.2, 0.25) is 4.77 Å². The van der Waals surface area contributed by atoms with E-state index in [-0.39, 0.29) is 11.9 Å². The Bertz CT molecular complexity index is 747. The van der Waals surface area contributed by atoms with Gasteiger partial charge in [-0.1, -0.05) is 0 Å². The lowest BCUT2D eigenvalue weighted by atomic mass is 10.2. The monoisotopic (exact) mass is 320 g/mol. The van der Waals surface area contributed by atoms with Crippen molar-refractivity contribution in [2.75, 3.05) is 13.7 Å². The van der Waals surface area contributed by atoms with Crippen LogP contribution in [0.2, 0.25) is 0 Å². The largest absolute Gasteiger partial charge is 0.504 e. The van der Waals surface area contributed by atoms with E-state index in [0.29, 0.717) is 16.3 Å². The molecular formula is C14H16N4O3S. The average Bonchev–Trinajstić information content (AvgIpc) is 3.16. The van der Waals surface area contributed by atoms with E-state index in [0.717, 1.165) is 25.0 Å². The first kappa shape index (κ1) is 14.7. The number of phenolic OH excluding ortho intramolecular Hbond substituents is 1. The van der Waals surface area contributed by atoms with Crippen molar-refractivity contribution < 1.29 is 14.6 Å². The van der Waals surface area contributed by atoms with Gasteiger partial charge in [-0.3, -0.25) is 5.10 Å². The van der Waals surface area contributed by atoms with E-state index in [1.165, 1.54) is 7.11 Å². The number of methoxy groups -OCH3 is 1. The molecule has 1 atom stereocenters. The van der Waals surface area contributed by atoms with E-state index in [1.54, 1.807) is 29.1 Å². The zero-order valence-corrected chi connectivity index (χ0v) is 12.8. The number of benzene rings is 1. The summed E-state index contributed by atoms with van der Waals surface area (Å²) in [6.45, 7) is 0.725. The van der Waals surface area contributed by atoms with Crippen LogP contribution >= 0.6 is 12.2 Å². The summed E-state index contributed by atoms with van der Waals surface area (Å²) in [6, 6.07) is 4.97. The van der Waals surface area contributed by atoms with Gasteiger partial charge in [0, 0.05) is 6.61 Å². The van der Waals surface area contributed by atoms with Crippen LogP contribution < -0.4 is 4.74 Å². The Morgan fingerprint density at radius 3 is 3.18 bits per heavy atom. The fourth-order valence-corrected chi connectivity index (χ4v) is 2.49. The van der Waals surface area contributed by atoms with E-state index in [4.69, 9.17) is 21.7 Å². The maximum absolute atomic E-state index is 9.60. The number of phenols is 1. The lowest BCUT2D eigenvalue weighted by molar-refractivity contribution is 0.102. The maximum atomic E-state index is 9.60. The van der Waals surface area contributed by atoms with Gasteiger partial charge in [0.05, 0.1) is 13.3 Å². The van der Waals surface area contributed by atoms with Gasteiger partial charge in [0.25, 0.3) is 0 Å². The van der Waals surface area contributed by atoms with Crippen LogP contribution in [-0.2, 0) is 4.74 Å². The minimum absolute atomic E-state index is 0.0830. The molecule has 1 aromatic heterocycles. The third kappa shape index (κ3) is 2.88. The minimum atomic E-state index is -0.0838. The van der Waals surface area contributed by atoms with Crippen molar-refractivity contribution in [3.8, 4) is 11.5 Å². The number of hydrogen-bond acceptors (Lipinski definition) is 6.